The van der Waals surface area contributed by atoms with Crippen molar-refractivity contribution in [2.75, 3.05) is 29.6 Å². The van der Waals surface area contributed by atoms with Gasteiger partial charge < -0.3 is 15.4 Å². The van der Waals surface area contributed by atoms with E-state index >= 15 is 0 Å². The van der Waals surface area contributed by atoms with E-state index in [0.29, 0.717) is 24.5 Å². The van der Waals surface area contributed by atoms with E-state index in [-0.39, 0.29) is 5.82 Å². The topological polar surface area (TPSA) is 67.6 Å². The normalized spacial score (nSPS) is 9.88. The molecule has 0 aliphatic rings. The maximum atomic E-state index is 13.0. The van der Waals surface area contributed by atoms with Gasteiger partial charge in [-0.05, 0) is 35.9 Å². The number of amides is 1. The minimum Gasteiger partial charge on any atom is -0.453 e. The molecule has 0 radical (unpaired) electrons. The molecule has 3 N–H and O–H groups in total. The lowest BCUT2D eigenvalue weighted by Gasteiger charge is -2.23. The van der Waals surface area contributed by atoms with Crippen molar-refractivity contribution >= 4 is 23.2 Å². The van der Waals surface area contributed by atoms with E-state index in [1.54, 1.807) is 30.3 Å². The number of nitrogens with one attached hydrogen (secondary N) is 1. The van der Waals surface area contributed by atoms with Gasteiger partial charge >= 0.3 is 6.09 Å². The molecular formula is C18H18FN3O2. The summed E-state index contributed by atoms with van der Waals surface area (Å²) >= 11 is 0. The number of halogens is 1. The standard InChI is InChI=1S/C18H18FN3O2/c1-3-10-22(12-13-4-6-14(19)7-5-13)15-8-9-17(16(20)11-15)21-18(23)24-2/h1,4-9,11H,10,12,20H2,2H3,(H,21,23). The number of carbonyl (C=O) groups excluding carboxylic acids is 1. The van der Waals surface area contributed by atoms with Crippen LogP contribution in [0.1, 0.15) is 5.56 Å². The molecule has 0 unspecified atom stereocenters. The number of nitrogens with two attached hydrogens (primary N) is 1. The van der Waals surface area contributed by atoms with Crippen LogP contribution >= 0.6 is 0 Å². The Morgan fingerprint density at radius 1 is 1.33 bits per heavy atom. The van der Waals surface area contributed by atoms with Gasteiger partial charge in [0.15, 0.2) is 0 Å². The number of hydrogen-bond donors (Lipinski definition) is 2. The van der Waals surface area contributed by atoms with Gasteiger partial charge in [-0.15, -0.1) is 6.42 Å². The first-order valence-electron chi connectivity index (χ1n) is 7.21. The van der Waals surface area contributed by atoms with Crippen LogP contribution in [0.2, 0.25) is 0 Å². The maximum absolute atomic E-state index is 13.0. The molecule has 0 heterocycles. The first-order valence-corrected chi connectivity index (χ1v) is 7.21. The van der Waals surface area contributed by atoms with Crippen molar-refractivity contribution in [3.63, 3.8) is 0 Å². The van der Waals surface area contributed by atoms with Crippen LogP contribution in [0.15, 0.2) is 42.5 Å². The molecule has 0 bridgehead atoms. The number of benzene rings is 2. The number of ether oxygens (including phenoxy) is 1. The zero-order valence-corrected chi connectivity index (χ0v) is 13.3. The first-order chi connectivity index (χ1) is 11.5. The van der Waals surface area contributed by atoms with Crippen LogP contribution in [-0.2, 0) is 11.3 Å². The fourth-order valence-electron chi connectivity index (χ4n) is 2.18. The van der Waals surface area contributed by atoms with Gasteiger partial charge in [0.1, 0.15) is 5.82 Å². The molecule has 6 heteroatoms. The van der Waals surface area contributed by atoms with E-state index in [2.05, 4.69) is 16.0 Å². The summed E-state index contributed by atoms with van der Waals surface area (Å²) in [5, 5.41) is 2.53. The fourth-order valence-corrected chi connectivity index (χ4v) is 2.18. The minimum atomic E-state index is -0.596. The number of carbonyl (C=O) groups is 1. The van der Waals surface area contributed by atoms with Crippen molar-refractivity contribution in [2.45, 2.75) is 6.54 Å². The maximum Gasteiger partial charge on any atom is 0.411 e. The summed E-state index contributed by atoms with van der Waals surface area (Å²) in [6.07, 6.45) is 4.84. The average Bonchev–Trinajstić information content (AvgIpc) is 2.58. The molecule has 0 saturated heterocycles. The summed E-state index contributed by atoms with van der Waals surface area (Å²) in [4.78, 5) is 13.2. The highest BCUT2D eigenvalue weighted by Crippen LogP contribution is 2.26. The molecule has 1 amide bonds. The third-order valence-corrected chi connectivity index (χ3v) is 3.39. The zero-order chi connectivity index (χ0) is 17.5. The smallest absolute Gasteiger partial charge is 0.411 e. The van der Waals surface area contributed by atoms with Gasteiger partial charge in [-0.1, -0.05) is 18.1 Å². The Morgan fingerprint density at radius 2 is 2.04 bits per heavy atom. The molecule has 0 spiro atoms. The van der Waals surface area contributed by atoms with Crippen LogP contribution in [0.25, 0.3) is 0 Å². The summed E-state index contributed by atoms with van der Waals surface area (Å²) in [6.45, 7) is 0.869. The van der Waals surface area contributed by atoms with Crippen LogP contribution in [-0.4, -0.2) is 19.7 Å². The molecule has 2 aromatic rings. The predicted octanol–water partition coefficient (Wildman–Crippen LogP) is 3.23. The fraction of sp³-hybridized carbons (Fsp3) is 0.167. The van der Waals surface area contributed by atoms with Gasteiger partial charge in [0, 0.05) is 12.2 Å². The SMILES string of the molecule is C#CCN(Cc1ccc(F)cc1)c1ccc(NC(=O)OC)c(N)c1. The van der Waals surface area contributed by atoms with Crippen molar-refractivity contribution in [3.05, 3.63) is 53.8 Å². The van der Waals surface area contributed by atoms with Crippen molar-refractivity contribution in [1.82, 2.24) is 0 Å². The van der Waals surface area contributed by atoms with Gasteiger partial charge in [-0.3, -0.25) is 5.32 Å². The molecule has 0 saturated carbocycles. The van der Waals surface area contributed by atoms with Crippen LogP contribution in [0.3, 0.4) is 0 Å². The molecule has 124 valence electrons. The highest BCUT2D eigenvalue weighted by molar-refractivity contribution is 5.89. The highest BCUT2D eigenvalue weighted by atomic mass is 19.1. The van der Waals surface area contributed by atoms with Crippen molar-refractivity contribution in [2.24, 2.45) is 0 Å². The molecule has 0 aromatic heterocycles. The number of anilines is 3. The third kappa shape index (κ3) is 4.40. The van der Waals surface area contributed by atoms with E-state index < -0.39 is 6.09 Å². The Morgan fingerprint density at radius 3 is 2.62 bits per heavy atom. The van der Waals surface area contributed by atoms with Crippen LogP contribution in [0.4, 0.5) is 26.2 Å². The predicted molar refractivity (Wildman–Crippen MR) is 93.2 cm³/mol. The molecule has 0 aliphatic carbocycles. The largest absolute Gasteiger partial charge is 0.453 e. The van der Waals surface area contributed by atoms with Crippen molar-refractivity contribution < 1.29 is 13.9 Å². The van der Waals surface area contributed by atoms with Crippen molar-refractivity contribution in [3.8, 4) is 12.3 Å². The van der Waals surface area contributed by atoms with Gasteiger partial charge in [0.05, 0.1) is 25.0 Å². The van der Waals surface area contributed by atoms with Crippen LogP contribution in [0.5, 0.6) is 0 Å². The number of methoxy groups -OCH3 is 1. The lowest BCUT2D eigenvalue weighted by molar-refractivity contribution is 0.187. The lowest BCUT2D eigenvalue weighted by Crippen LogP contribution is -2.23. The summed E-state index contributed by atoms with van der Waals surface area (Å²) in [5.41, 5.74) is 8.53. The Kier molecular flexibility index (Phi) is 5.63. The number of terminal acetylenes is 1. The summed E-state index contributed by atoms with van der Waals surface area (Å²) in [5.74, 6) is 2.31. The number of nitrogen functional groups attached to an aromatic ring is 1. The van der Waals surface area contributed by atoms with Gasteiger partial charge in [-0.2, -0.15) is 0 Å². The second-order valence-corrected chi connectivity index (χ2v) is 5.07. The average molecular weight is 327 g/mol. The number of nitrogens with zero attached hydrogens (tertiary/aromatic N) is 1. The highest BCUT2D eigenvalue weighted by Gasteiger charge is 2.10. The second kappa shape index (κ2) is 7.88. The number of rotatable bonds is 5. The Bertz CT molecular complexity index is 754. The summed E-state index contributed by atoms with van der Waals surface area (Å²) in [6, 6.07) is 11.4. The summed E-state index contributed by atoms with van der Waals surface area (Å²) in [7, 11) is 1.28. The van der Waals surface area contributed by atoms with E-state index in [1.165, 1.54) is 19.2 Å². The third-order valence-electron chi connectivity index (χ3n) is 3.39. The van der Waals surface area contributed by atoms with Crippen LogP contribution < -0.4 is 16.0 Å². The van der Waals surface area contributed by atoms with Gasteiger partial charge in [0.25, 0.3) is 0 Å². The Hall–Kier alpha value is -3.20. The number of hydrogen-bond acceptors (Lipinski definition) is 4. The molecular weight excluding hydrogens is 309 g/mol. The molecule has 0 aliphatic heterocycles. The van der Waals surface area contributed by atoms with Crippen LogP contribution in [0, 0.1) is 18.2 Å². The molecule has 5 nitrogen and oxygen atoms in total. The second-order valence-electron chi connectivity index (χ2n) is 5.07. The Balaban J connectivity index is 2.21. The van der Waals surface area contributed by atoms with Gasteiger partial charge in [-0.25, -0.2) is 9.18 Å². The monoisotopic (exact) mass is 327 g/mol. The lowest BCUT2D eigenvalue weighted by atomic mass is 10.1. The van der Waals surface area contributed by atoms with E-state index in [4.69, 9.17) is 12.2 Å². The Labute approximate surface area is 140 Å². The zero-order valence-electron chi connectivity index (χ0n) is 13.3. The van der Waals surface area contributed by atoms with E-state index in [9.17, 15) is 9.18 Å². The molecule has 2 rings (SSSR count). The minimum absolute atomic E-state index is 0.287. The van der Waals surface area contributed by atoms with Gasteiger partial charge in [0.2, 0.25) is 0 Å². The molecule has 24 heavy (non-hydrogen) atoms. The molecule has 0 fully saturated rings. The summed E-state index contributed by atoms with van der Waals surface area (Å²) < 4.78 is 17.6. The van der Waals surface area contributed by atoms with E-state index in [0.717, 1.165) is 11.3 Å². The first kappa shape index (κ1) is 17.2. The molecule has 0 atom stereocenters. The quantitative estimate of drug-likeness (QED) is 0.653. The van der Waals surface area contributed by atoms with E-state index in [1.807, 2.05) is 4.90 Å². The van der Waals surface area contributed by atoms with Crippen molar-refractivity contribution in [1.29, 1.82) is 0 Å². The molecule has 2 aromatic carbocycles.